The highest BCUT2D eigenvalue weighted by Crippen LogP contribution is 2.20. The van der Waals surface area contributed by atoms with Crippen LogP contribution >= 0.6 is 0 Å². The number of hydrogen-bond donors (Lipinski definition) is 4. The van der Waals surface area contributed by atoms with Crippen molar-refractivity contribution in [2.45, 2.75) is 77.7 Å². The van der Waals surface area contributed by atoms with E-state index in [1.165, 1.54) is 43.0 Å². The lowest BCUT2D eigenvalue weighted by atomic mass is 10.0. The first-order valence-electron chi connectivity index (χ1n) is 14.8. The summed E-state index contributed by atoms with van der Waals surface area (Å²) in [5, 5.41) is 21.4. The molecule has 1 aliphatic heterocycles. The summed E-state index contributed by atoms with van der Waals surface area (Å²) in [6, 6.07) is 10.6. The topological polar surface area (TPSA) is 189 Å². The minimum atomic E-state index is -0.993. The van der Waals surface area contributed by atoms with Crippen LogP contribution in [0.5, 0.6) is 0 Å². The summed E-state index contributed by atoms with van der Waals surface area (Å²) < 4.78 is 5.14. The number of hydrogen-bond acceptors (Lipinski definition) is 8. The van der Waals surface area contributed by atoms with Gasteiger partial charge in [0, 0.05) is 24.4 Å². The number of nitro benzene ring substituents is 1. The summed E-state index contributed by atoms with van der Waals surface area (Å²) in [4.78, 5) is 76.4. The summed E-state index contributed by atoms with van der Waals surface area (Å²) in [7, 11) is 0. The van der Waals surface area contributed by atoms with Crippen molar-refractivity contribution in [1.29, 1.82) is 0 Å². The molecule has 0 spiro atoms. The molecule has 1 fully saturated rings. The van der Waals surface area contributed by atoms with Crippen molar-refractivity contribution in [2.24, 2.45) is 5.92 Å². The number of nitrogens with zero attached hydrogens (tertiary/aromatic N) is 2. The summed E-state index contributed by atoms with van der Waals surface area (Å²) in [5.74, 6) is -2.03. The second-order valence-corrected chi connectivity index (χ2v) is 11.3. The Morgan fingerprint density at radius 3 is 2.20 bits per heavy atom. The van der Waals surface area contributed by atoms with Gasteiger partial charge in [0.1, 0.15) is 30.8 Å². The van der Waals surface area contributed by atoms with Gasteiger partial charge in [-0.2, -0.15) is 0 Å². The number of carbonyl (C=O) groups is 5. The molecular weight excluding hydrogens is 584 g/mol. The van der Waals surface area contributed by atoms with E-state index < -0.39 is 58.8 Å². The maximum atomic E-state index is 13.4. The van der Waals surface area contributed by atoms with E-state index in [0.29, 0.717) is 31.5 Å². The van der Waals surface area contributed by atoms with Gasteiger partial charge < -0.3 is 30.9 Å². The zero-order chi connectivity index (χ0) is 33.1. The van der Waals surface area contributed by atoms with Crippen LogP contribution in [0.1, 0.15) is 52.5 Å². The Balaban J connectivity index is 1.55. The van der Waals surface area contributed by atoms with Gasteiger partial charge in [0.15, 0.2) is 0 Å². The molecular formula is C31H40N6O8. The Hall–Kier alpha value is -5.01. The molecule has 5 amide bonds. The molecule has 4 N–H and O–H groups in total. The molecule has 0 aliphatic carbocycles. The number of likely N-dealkylation sites (tertiary alicyclic amines) is 1. The van der Waals surface area contributed by atoms with Crippen LogP contribution in [-0.2, 0) is 30.5 Å². The van der Waals surface area contributed by atoms with Crippen molar-refractivity contribution in [3.63, 3.8) is 0 Å². The number of benzene rings is 2. The lowest BCUT2D eigenvalue weighted by Crippen LogP contribution is -2.56. The smallest absolute Gasteiger partial charge is 0.408 e. The molecule has 0 unspecified atom stereocenters. The molecule has 0 bridgehead atoms. The number of carbonyl (C=O) groups excluding carboxylic acids is 5. The number of amides is 5. The van der Waals surface area contributed by atoms with Crippen LogP contribution in [0, 0.1) is 16.0 Å². The number of alkyl carbamates (subject to hydrolysis) is 1. The predicted octanol–water partition coefficient (Wildman–Crippen LogP) is 2.87. The van der Waals surface area contributed by atoms with Gasteiger partial charge in [-0.3, -0.25) is 29.3 Å². The summed E-state index contributed by atoms with van der Waals surface area (Å²) in [6.07, 6.45) is 0.461. The first-order valence-corrected chi connectivity index (χ1v) is 14.8. The van der Waals surface area contributed by atoms with Gasteiger partial charge >= 0.3 is 6.09 Å². The fraction of sp³-hybridized carbons (Fsp3) is 0.452. The summed E-state index contributed by atoms with van der Waals surface area (Å²) in [5.41, 5.74) is 1.00. The lowest BCUT2D eigenvalue weighted by Gasteiger charge is -2.29. The van der Waals surface area contributed by atoms with Crippen LogP contribution in [-0.4, -0.2) is 70.3 Å². The molecule has 2 aromatic carbocycles. The van der Waals surface area contributed by atoms with Gasteiger partial charge in [-0.05, 0) is 56.7 Å². The molecule has 4 atom stereocenters. The summed E-state index contributed by atoms with van der Waals surface area (Å²) in [6.45, 7) is 7.07. The number of ether oxygens (including phenoxy) is 1. The van der Waals surface area contributed by atoms with Crippen LogP contribution in [0.3, 0.4) is 0 Å². The molecule has 2 aromatic rings. The predicted molar refractivity (Wildman–Crippen MR) is 165 cm³/mol. The molecule has 0 saturated carbocycles. The van der Waals surface area contributed by atoms with E-state index in [-0.39, 0.29) is 18.2 Å². The van der Waals surface area contributed by atoms with Crippen LogP contribution in [0.25, 0.3) is 0 Å². The van der Waals surface area contributed by atoms with Crippen molar-refractivity contribution in [3.8, 4) is 0 Å². The second-order valence-electron chi connectivity index (χ2n) is 11.3. The number of rotatable bonds is 13. The van der Waals surface area contributed by atoms with Gasteiger partial charge in [0.25, 0.3) is 5.69 Å². The fourth-order valence-corrected chi connectivity index (χ4v) is 4.83. The number of nitrogens with one attached hydrogen (secondary N) is 4. The second kappa shape index (κ2) is 16.2. The van der Waals surface area contributed by atoms with Gasteiger partial charge in [-0.25, -0.2) is 4.79 Å². The molecule has 45 heavy (non-hydrogen) atoms. The molecule has 0 radical (unpaired) electrons. The van der Waals surface area contributed by atoms with E-state index in [2.05, 4.69) is 21.3 Å². The van der Waals surface area contributed by atoms with Crippen molar-refractivity contribution in [2.75, 3.05) is 11.9 Å². The zero-order valence-corrected chi connectivity index (χ0v) is 25.8. The third-order valence-electron chi connectivity index (χ3n) is 7.19. The molecule has 14 heteroatoms. The monoisotopic (exact) mass is 624 g/mol. The first kappa shape index (κ1) is 34.5. The highest BCUT2D eigenvalue weighted by atomic mass is 16.6. The average Bonchev–Trinajstić information content (AvgIpc) is 3.50. The van der Waals surface area contributed by atoms with Crippen molar-refractivity contribution < 1.29 is 33.6 Å². The van der Waals surface area contributed by atoms with Crippen molar-refractivity contribution in [1.82, 2.24) is 20.9 Å². The van der Waals surface area contributed by atoms with Gasteiger partial charge in [0.05, 0.1) is 4.92 Å². The molecule has 1 heterocycles. The third kappa shape index (κ3) is 10.3. The quantitative estimate of drug-likeness (QED) is 0.193. The van der Waals surface area contributed by atoms with Crippen LogP contribution < -0.4 is 21.3 Å². The molecule has 3 rings (SSSR count). The zero-order valence-electron chi connectivity index (χ0n) is 25.8. The maximum Gasteiger partial charge on any atom is 0.408 e. The Morgan fingerprint density at radius 1 is 0.911 bits per heavy atom. The van der Waals surface area contributed by atoms with Crippen LogP contribution in [0.4, 0.5) is 16.2 Å². The highest BCUT2D eigenvalue weighted by molar-refractivity contribution is 5.99. The van der Waals surface area contributed by atoms with Gasteiger partial charge in [0.2, 0.25) is 23.6 Å². The maximum absolute atomic E-state index is 13.4. The van der Waals surface area contributed by atoms with E-state index in [0.717, 1.165) is 5.56 Å². The SMILES string of the molecule is CC(C)C[C@H](NC(=O)[C@@H]1CCCN1C(=O)[C@H](C)NC(=O)[C@H](C)NC(=O)OCc1ccccc1)C(=O)Nc1ccc([N+](=O)[O-])cc1. The highest BCUT2D eigenvalue weighted by Gasteiger charge is 2.38. The molecule has 1 saturated heterocycles. The number of nitro groups is 1. The first-order chi connectivity index (χ1) is 21.3. The van der Waals surface area contributed by atoms with Gasteiger partial charge in [-0.1, -0.05) is 44.2 Å². The minimum absolute atomic E-state index is 0.0328. The normalized spacial score (nSPS) is 16.2. The number of anilines is 1. The Morgan fingerprint density at radius 2 is 1.58 bits per heavy atom. The van der Waals surface area contributed by atoms with E-state index in [4.69, 9.17) is 4.74 Å². The van der Waals surface area contributed by atoms with Crippen LogP contribution in [0.15, 0.2) is 54.6 Å². The molecule has 242 valence electrons. The molecule has 0 aromatic heterocycles. The van der Waals surface area contributed by atoms with Crippen molar-refractivity contribution >= 4 is 41.1 Å². The van der Waals surface area contributed by atoms with E-state index in [1.54, 1.807) is 12.1 Å². The molecule has 1 aliphatic rings. The van der Waals surface area contributed by atoms with E-state index >= 15 is 0 Å². The third-order valence-corrected chi connectivity index (χ3v) is 7.19. The largest absolute Gasteiger partial charge is 0.445 e. The lowest BCUT2D eigenvalue weighted by molar-refractivity contribution is -0.384. The average molecular weight is 625 g/mol. The van der Waals surface area contributed by atoms with E-state index in [9.17, 15) is 34.1 Å². The Labute approximate surface area is 261 Å². The number of non-ortho nitro benzene ring substituents is 1. The Bertz CT molecular complexity index is 1370. The standard InChI is InChI=1S/C31H40N6O8/c1-19(2)17-25(28(39)34-23-12-14-24(15-13-23)37(43)44)35-29(40)26-11-8-16-36(26)30(41)21(4)32-27(38)20(3)33-31(42)45-18-22-9-6-5-7-10-22/h5-7,9-10,12-15,19-21,25-26H,8,11,16-18H2,1-4H3,(H,32,38)(H,33,42)(H,34,39)(H,35,40)/t20-,21-,25-,26-/m0/s1. The molecule has 14 nitrogen and oxygen atoms in total. The minimum Gasteiger partial charge on any atom is -0.445 e. The fourth-order valence-electron chi connectivity index (χ4n) is 4.83. The van der Waals surface area contributed by atoms with Crippen molar-refractivity contribution in [3.05, 3.63) is 70.3 Å². The van der Waals surface area contributed by atoms with Gasteiger partial charge in [-0.15, -0.1) is 0 Å². The van der Waals surface area contributed by atoms with Crippen LogP contribution in [0.2, 0.25) is 0 Å². The summed E-state index contributed by atoms with van der Waals surface area (Å²) >= 11 is 0. The van der Waals surface area contributed by atoms with E-state index in [1.807, 2.05) is 32.0 Å². The Kier molecular flexibility index (Phi) is 12.4.